The van der Waals surface area contributed by atoms with Crippen molar-refractivity contribution in [3.8, 4) is 0 Å². The van der Waals surface area contributed by atoms with Gasteiger partial charge in [-0.05, 0) is 20.3 Å². The molecule has 0 saturated carbocycles. The summed E-state index contributed by atoms with van der Waals surface area (Å²) in [4.78, 5) is 11.3. The monoisotopic (exact) mass is 200 g/mol. The van der Waals surface area contributed by atoms with Crippen LogP contribution >= 0.6 is 0 Å². The second-order valence-electron chi connectivity index (χ2n) is 4.33. The number of hydrogen-bond donors (Lipinski definition) is 0. The maximum atomic E-state index is 11.3. The first-order valence-electron chi connectivity index (χ1n) is 5.42. The fraction of sp³-hybridized carbons (Fsp3) is 0.909. The molecule has 3 nitrogen and oxygen atoms in total. The van der Waals surface area contributed by atoms with Gasteiger partial charge >= 0.3 is 5.97 Å². The Morgan fingerprint density at radius 3 is 2.50 bits per heavy atom. The number of carbonyl (C=O) groups is 1. The second kappa shape index (κ2) is 4.78. The molecule has 1 unspecified atom stereocenters. The second-order valence-corrected chi connectivity index (χ2v) is 4.33. The van der Waals surface area contributed by atoms with Crippen molar-refractivity contribution in [3.05, 3.63) is 0 Å². The van der Waals surface area contributed by atoms with Crippen LogP contribution in [0.1, 0.15) is 46.5 Å². The Kier molecular flexibility index (Phi) is 3.93. The standard InChI is InChI=1S/C11H20O3/c1-4-5-6-7-8-13-10(12)9-11(2,3)14-9/h9H,4-8H2,1-3H3. The highest BCUT2D eigenvalue weighted by atomic mass is 16.7. The lowest BCUT2D eigenvalue weighted by Gasteiger charge is -2.02. The first kappa shape index (κ1) is 11.5. The third kappa shape index (κ3) is 3.29. The molecule has 0 bridgehead atoms. The van der Waals surface area contributed by atoms with Crippen LogP contribution in [0.3, 0.4) is 0 Å². The van der Waals surface area contributed by atoms with Gasteiger partial charge in [0, 0.05) is 0 Å². The molecule has 0 aromatic carbocycles. The van der Waals surface area contributed by atoms with Crippen LogP contribution in [-0.4, -0.2) is 24.3 Å². The zero-order chi connectivity index (χ0) is 10.6. The molecule has 1 heterocycles. The number of ether oxygens (including phenoxy) is 2. The first-order valence-corrected chi connectivity index (χ1v) is 5.42. The molecule has 82 valence electrons. The van der Waals surface area contributed by atoms with Gasteiger partial charge in [0.05, 0.1) is 6.61 Å². The van der Waals surface area contributed by atoms with Crippen molar-refractivity contribution in [3.63, 3.8) is 0 Å². The summed E-state index contributed by atoms with van der Waals surface area (Å²) in [6, 6.07) is 0. The average Bonchev–Trinajstić information content (AvgIpc) is 2.75. The molecule has 1 saturated heterocycles. The number of hydrogen-bond acceptors (Lipinski definition) is 3. The smallest absolute Gasteiger partial charge is 0.338 e. The summed E-state index contributed by atoms with van der Waals surface area (Å²) in [7, 11) is 0. The fourth-order valence-corrected chi connectivity index (χ4v) is 1.38. The summed E-state index contributed by atoms with van der Waals surface area (Å²) >= 11 is 0. The van der Waals surface area contributed by atoms with E-state index in [1.165, 1.54) is 12.8 Å². The molecular formula is C11H20O3. The summed E-state index contributed by atoms with van der Waals surface area (Å²) in [6.07, 6.45) is 4.19. The van der Waals surface area contributed by atoms with E-state index < -0.39 is 0 Å². The highest BCUT2D eigenvalue weighted by Gasteiger charge is 2.54. The maximum Gasteiger partial charge on any atom is 0.338 e. The van der Waals surface area contributed by atoms with Crippen molar-refractivity contribution >= 4 is 5.97 Å². The lowest BCUT2D eigenvalue weighted by molar-refractivity contribution is -0.145. The van der Waals surface area contributed by atoms with E-state index in [0.29, 0.717) is 6.61 Å². The summed E-state index contributed by atoms with van der Waals surface area (Å²) in [5, 5.41) is 0. The summed E-state index contributed by atoms with van der Waals surface area (Å²) in [5.74, 6) is -0.202. The maximum absolute atomic E-state index is 11.3. The van der Waals surface area contributed by atoms with Crippen LogP contribution in [-0.2, 0) is 14.3 Å². The zero-order valence-corrected chi connectivity index (χ0v) is 9.34. The van der Waals surface area contributed by atoms with Crippen molar-refractivity contribution < 1.29 is 14.3 Å². The molecule has 0 N–H and O–H groups in total. The van der Waals surface area contributed by atoms with Gasteiger partial charge in [-0.25, -0.2) is 4.79 Å². The Hall–Kier alpha value is -0.570. The number of rotatable bonds is 6. The lowest BCUT2D eigenvalue weighted by atomic mass is 10.1. The van der Waals surface area contributed by atoms with E-state index in [9.17, 15) is 4.79 Å². The van der Waals surface area contributed by atoms with Crippen LogP contribution < -0.4 is 0 Å². The van der Waals surface area contributed by atoms with Crippen LogP contribution in [0.5, 0.6) is 0 Å². The van der Waals surface area contributed by atoms with Gasteiger partial charge in [0.2, 0.25) is 0 Å². The zero-order valence-electron chi connectivity index (χ0n) is 9.34. The Labute approximate surface area is 85.8 Å². The van der Waals surface area contributed by atoms with Crippen molar-refractivity contribution in [2.75, 3.05) is 6.61 Å². The van der Waals surface area contributed by atoms with Gasteiger partial charge in [-0.2, -0.15) is 0 Å². The van der Waals surface area contributed by atoms with Gasteiger partial charge in [0.15, 0.2) is 6.10 Å². The molecule has 0 amide bonds. The van der Waals surface area contributed by atoms with Crippen LogP contribution in [0.25, 0.3) is 0 Å². The molecule has 0 radical (unpaired) electrons. The van der Waals surface area contributed by atoms with E-state index in [-0.39, 0.29) is 17.7 Å². The normalized spacial score (nSPS) is 23.2. The molecule has 14 heavy (non-hydrogen) atoms. The largest absolute Gasteiger partial charge is 0.464 e. The van der Waals surface area contributed by atoms with E-state index >= 15 is 0 Å². The van der Waals surface area contributed by atoms with Gasteiger partial charge in [-0.1, -0.05) is 26.2 Å². The molecular weight excluding hydrogens is 180 g/mol. The van der Waals surface area contributed by atoms with Gasteiger partial charge < -0.3 is 9.47 Å². The van der Waals surface area contributed by atoms with Crippen molar-refractivity contribution in [2.24, 2.45) is 0 Å². The predicted octanol–water partition coefficient (Wildman–Crippen LogP) is 2.29. The quantitative estimate of drug-likeness (QED) is 0.375. The van der Waals surface area contributed by atoms with Gasteiger partial charge in [0.1, 0.15) is 5.60 Å². The minimum Gasteiger partial charge on any atom is -0.464 e. The minimum atomic E-state index is -0.325. The molecule has 1 atom stereocenters. The summed E-state index contributed by atoms with van der Waals surface area (Å²) in [5.41, 5.74) is -0.291. The summed E-state index contributed by atoms with van der Waals surface area (Å²) in [6.45, 7) is 6.49. The van der Waals surface area contributed by atoms with E-state index in [4.69, 9.17) is 9.47 Å². The third-order valence-corrected chi connectivity index (χ3v) is 2.45. The predicted molar refractivity (Wildman–Crippen MR) is 54.1 cm³/mol. The fourth-order valence-electron chi connectivity index (χ4n) is 1.38. The average molecular weight is 200 g/mol. The molecule has 1 fully saturated rings. The molecule has 1 aliphatic heterocycles. The Balaban J connectivity index is 2.00. The van der Waals surface area contributed by atoms with Gasteiger partial charge in [-0.3, -0.25) is 0 Å². The van der Waals surface area contributed by atoms with E-state index in [1.54, 1.807) is 0 Å². The number of esters is 1. The number of epoxide rings is 1. The first-order chi connectivity index (χ1) is 6.58. The molecule has 1 rings (SSSR count). The molecule has 3 heteroatoms. The number of unbranched alkanes of at least 4 members (excludes halogenated alkanes) is 3. The van der Waals surface area contributed by atoms with Gasteiger partial charge in [0.25, 0.3) is 0 Å². The highest BCUT2D eigenvalue weighted by Crippen LogP contribution is 2.35. The molecule has 0 aromatic rings. The van der Waals surface area contributed by atoms with Crippen LogP contribution in [0.2, 0.25) is 0 Å². The van der Waals surface area contributed by atoms with E-state index in [0.717, 1.165) is 12.8 Å². The van der Waals surface area contributed by atoms with Crippen molar-refractivity contribution in [1.82, 2.24) is 0 Å². The highest BCUT2D eigenvalue weighted by molar-refractivity contribution is 5.79. The van der Waals surface area contributed by atoms with E-state index in [1.807, 2.05) is 13.8 Å². The molecule has 1 aliphatic rings. The van der Waals surface area contributed by atoms with Crippen LogP contribution in [0.15, 0.2) is 0 Å². The van der Waals surface area contributed by atoms with Crippen molar-refractivity contribution in [2.45, 2.75) is 58.2 Å². The minimum absolute atomic E-state index is 0.202. The van der Waals surface area contributed by atoms with E-state index in [2.05, 4.69) is 6.92 Å². The molecule has 0 aliphatic carbocycles. The molecule has 0 aromatic heterocycles. The Morgan fingerprint density at radius 2 is 2.00 bits per heavy atom. The third-order valence-electron chi connectivity index (χ3n) is 2.45. The lowest BCUT2D eigenvalue weighted by Crippen LogP contribution is -2.18. The Morgan fingerprint density at radius 1 is 1.36 bits per heavy atom. The summed E-state index contributed by atoms with van der Waals surface area (Å²) < 4.78 is 10.3. The number of carbonyl (C=O) groups excluding carboxylic acids is 1. The molecule has 0 spiro atoms. The van der Waals surface area contributed by atoms with Crippen LogP contribution in [0, 0.1) is 0 Å². The topological polar surface area (TPSA) is 38.8 Å². The Bertz CT molecular complexity index is 199. The van der Waals surface area contributed by atoms with Gasteiger partial charge in [-0.15, -0.1) is 0 Å². The SMILES string of the molecule is CCCCCCOC(=O)C1OC1(C)C. The van der Waals surface area contributed by atoms with Crippen molar-refractivity contribution in [1.29, 1.82) is 0 Å². The van der Waals surface area contributed by atoms with Crippen LogP contribution in [0.4, 0.5) is 0 Å².